The van der Waals surface area contributed by atoms with Crippen LogP contribution >= 0.6 is 0 Å². The van der Waals surface area contributed by atoms with E-state index in [0.717, 1.165) is 19.4 Å². The molecule has 2 aromatic heterocycles. The summed E-state index contributed by atoms with van der Waals surface area (Å²) < 4.78 is 57.5. The number of aliphatic hydroxyl groups excluding tert-OH is 1. The Labute approximate surface area is 244 Å². The monoisotopic (exact) mass is 591 g/mol. The Morgan fingerprint density at radius 1 is 1.14 bits per heavy atom. The molecule has 222 valence electrons. The van der Waals surface area contributed by atoms with Crippen molar-refractivity contribution in [1.29, 1.82) is 0 Å². The van der Waals surface area contributed by atoms with Crippen LogP contribution in [0.15, 0.2) is 24.3 Å². The van der Waals surface area contributed by atoms with E-state index in [1.807, 2.05) is 0 Å². The third-order valence-corrected chi connectivity index (χ3v) is 8.75. The first-order chi connectivity index (χ1) is 20.7. The van der Waals surface area contributed by atoms with Gasteiger partial charge in [0.05, 0.1) is 24.3 Å². The van der Waals surface area contributed by atoms with Crippen molar-refractivity contribution in [3.63, 3.8) is 0 Å². The number of halogens is 3. The number of rotatable bonds is 6. The summed E-state index contributed by atoms with van der Waals surface area (Å²) in [5, 5.41) is 21.2. The molecule has 3 saturated heterocycles. The third kappa shape index (κ3) is 4.37. The van der Waals surface area contributed by atoms with Gasteiger partial charge < -0.3 is 24.6 Å². The van der Waals surface area contributed by atoms with Gasteiger partial charge in [-0.15, -0.1) is 6.42 Å². The Kier molecular flexibility index (Phi) is 6.48. The van der Waals surface area contributed by atoms with Crippen molar-refractivity contribution in [1.82, 2.24) is 19.9 Å². The van der Waals surface area contributed by atoms with Crippen LogP contribution in [0.1, 0.15) is 24.8 Å². The van der Waals surface area contributed by atoms with Gasteiger partial charge in [-0.05, 0) is 43.0 Å². The Morgan fingerprint density at radius 3 is 2.70 bits per heavy atom. The van der Waals surface area contributed by atoms with Crippen molar-refractivity contribution in [2.45, 2.75) is 37.1 Å². The molecule has 3 fully saturated rings. The summed E-state index contributed by atoms with van der Waals surface area (Å²) >= 11 is 0. The van der Waals surface area contributed by atoms with Crippen LogP contribution in [-0.4, -0.2) is 87.8 Å². The predicted octanol–water partition coefficient (Wildman–Crippen LogP) is 3.95. The number of ether oxygens (including phenoxy) is 2. The molecule has 7 rings (SSSR count). The van der Waals surface area contributed by atoms with Gasteiger partial charge in [-0.3, -0.25) is 4.90 Å². The average molecular weight is 592 g/mol. The van der Waals surface area contributed by atoms with E-state index in [1.54, 1.807) is 4.90 Å². The highest BCUT2D eigenvalue weighted by atomic mass is 19.1. The maximum atomic E-state index is 16.7. The number of terminal acetylenes is 1. The van der Waals surface area contributed by atoms with Crippen LogP contribution in [0.5, 0.6) is 17.6 Å². The molecule has 0 radical (unpaired) electrons. The molecule has 0 aliphatic carbocycles. The van der Waals surface area contributed by atoms with Gasteiger partial charge in [0.25, 0.3) is 0 Å². The number of phenols is 1. The van der Waals surface area contributed by atoms with Crippen molar-refractivity contribution in [3.8, 4) is 41.2 Å². The number of anilines is 1. The summed E-state index contributed by atoms with van der Waals surface area (Å²) in [6, 6.07) is 5.14. The zero-order chi connectivity index (χ0) is 30.0. The molecule has 0 unspecified atom stereocenters. The van der Waals surface area contributed by atoms with E-state index in [0.29, 0.717) is 18.4 Å². The number of fused-ring (bicyclic) bond motifs is 3. The van der Waals surface area contributed by atoms with Gasteiger partial charge in [0.2, 0.25) is 5.88 Å². The van der Waals surface area contributed by atoms with Gasteiger partial charge >= 0.3 is 6.01 Å². The zero-order valence-electron chi connectivity index (χ0n) is 23.3. The number of aromatic hydroxyl groups is 1. The molecule has 2 N–H and O–H groups in total. The highest BCUT2D eigenvalue weighted by Crippen LogP contribution is 2.43. The molecule has 3 aliphatic heterocycles. The number of alkyl halides is 1. The molecule has 9 nitrogen and oxygen atoms in total. The largest absolute Gasteiger partial charge is 0.508 e. The minimum absolute atomic E-state index is 0.0267. The van der Waals surface area contributed by atoms with Gasteiger partial charge in [0.1, 0.15) is 46.8 Å². The van der Waals surface area contributed by atoms with E-state index in [9.17, 15) is 19.0 Å². The summed E-state index contributed by atoms with van der Waals surface area (Å²) in [6.07, 6.45) is 6.11. The van der Waals surface area contributed by atoms with Crippen molar-refractivity contribution in [2.24, 2.45) is 0 Å². The molecule has 3 aliphatic rings. The Hall–Kier alpha value is -4.34. The standard InChI is InChI=1S/C31H28F3N5O4/c1-3-20-22(33)6-5-16-9-18(40)10-21(23(16)20)26-25(34)27-24(29(35-26)42-2)28(38-13-19(41)14-38)37-30(36-27)43-15-31-7-4-8-39(31)12-17(32)11-31/h1,5-6,9-10,17,19,40-41H,4,7-8,11-15H2,2H3/t17-,31+/m1/s1. The number of aliphatic hydroxyl groups is 1. The number of benzene rings is 2. The molecule has 4 aromatic rings. The van der Waals surface area contributed by atoms with E-state index < -0.39 is 29.4 Å². The lowest BCUT2D eigenvalue weighted by Gasteiger charge is -2.37. The van der Waals surface area contributed by atoms with E-state index in [4.69, 9.17) is 15.9 Å². The third-order valence-electron chi connectivity index (χ3n) is 8.75. The molecular formula is C31H28F3N5O4. The van der Waals surface area contributed by atoms with E-state index in [-0.39, 0.29) is 76.3 Å². The second kappa shape index (κ2) is 10.1. The summed E-state index contributed by atoms with van der Waals surface area (Å²) in [6.45, 7) is 1.72. The molecule has 0 spiro atoms. The van der Waals surface area contributed by atoms with Gasteiger partial charge in [0.15, 0.2) is 5.82 Å². The number of phenolic OH excluding ortho intramolecular Hbond substituents is 1. The molecule has 2 atom stereocenters. The van der Waals surface area contributed by atoms with Crippen molar-refractivity contribution >= 4 is 27.5 Å². The maximum absolute atomic E-state index is 16.7. The van der Waals surface area contributed by atoms with E-state index in [1.165, 1.54) is 31.4 Å². The van der Waals surface area contributed by atoms with Gasteiger partial charge in [-0.2, -0.15) is 9.97 Å². The fraction of sp³-hybridized carbons (Fsp3) is 0.387. The summed E-state index contributed by atoms with van der Waals surface area (Å²) in [4.78, 5) is 17.3. The quantitative estimate of drug-likeness (QED) is 0.323. The van der Waals surface area contributed by atoms with Crippen molar-refractivity contribution in [2.75, 3.05) is 44.8 Å². The van der Waals surface area contributed by atoms with E-state index >= 15 is 4.39 Å². The predicted molar refractivity (Wildman–Crippen MR) is 153 cm³/mol. The molecule has 5 heterocycles. The Bertz CT molecular complexity index is 1830. The van der Waals surface area contributed by atoms with Crippen LogP contribution in [-0.2, 0) is 0 Å². The number of hydrogen-bond acceptors (Lipinski definition) is 9. The van der Waals surface area contributed by atoms with Gasteiger partial charge in [-0.1, -0.05) is 12.0 Å². The first-order valence-electron chi connectivity index (χ1n) is 14.0. The van der Waals surface area contributed by atoms with Crippen LogP contribution in [0.4, 0.5) is 19.0 Å². The normalized spacial score (nSPS) is 22.1. The molecule has 0 amide bonds. The summed E-state index contributed by atoms with van der Waals surface area (Å²) in [7, 11) is 1.36. The Balaban J connectivity index is 1.42. The van der Waals surface area contributed by atoms with Crippen LogP contribution in [0.25, 0.3) is 32.9 Å². The Morgan fingerprint density at radius 2 is 1.95 bits per heavy atom. The number of hydrogen-bond donors (Lipinski definition) is 2. The van der Waals surface area contributed by atoms with Crippen LogP contribution in [0.2, 0.25) is 0 Å². The molecule has 12 heteroatoms. The maximum Gasteiger partial charge on any atom is 0.319 e. The second-order valence-electron chi connectivity index (χ2n) is 11.4. The average Bonchev–Trinajstić information content (AvgIpc) is 3.50. The van der Waals surface area contributed by atoms with Crippen LogP contribution < -0.4 is 14.4 Å². The minimum atomic E-state index is -0.954. The fourth-order valence-corrected chi connectivity index (χ4v) is 6.75. The summed E-state index contributed by atoms with van der Waals surface area (Å²) in [5.74, 6) is 0.769. The topological polar surface area (TPSA) is 104 Å². The zero-order valence-corrected chi connectivity index (χ0v) is 23.3. The van der Waals surface area contributed by atoms with Crippen LogP contribution in [0.3, 0.4) is 0 Å². The van der Waals surface area contributed by atoms with Crippen LogP contribution in [0, 0.1) is 24.0 Å². The highest BCUT2D eigenvalue weighted by molar-refractivity contribution is 6.04. The lowest BCUT2D eigenvalue weighted by atomic mass is 9.95. The second-order valence-corrected chi connectivity index (χ2v) is 11.4. The number of pyridine rings is 1. The lowest BCUT2D eigenvalue weighted by molar-refractivity contribution is 0.107. The smallest absolute Gasteiger partial charge is 0.319 e. The van der Waals surface area contributed by atoms with E-state index in [2.05, 4.69) is 25.8 Å². The SMILES string of the molecule is C#Cc1c(F)ccc2cc(O)cc(-c3nc(OC)c4c(N5CC(O)C5)nc(OC[C@@]56CCCN5C[C@H](F)C6)nc4c3F)c12. The highest BCUT2D eigenvalue weighted by Gasteiger charge is 2.49. The lowest BCUT2D eigenvalue weighted by Crippen LogP contribution is -2.51. The number of methoxy groups -OCH3 is 1. The number of nitrogens with zero attached hydrogens (tertiary/aromatic N) is 5. The van der Waals surface area contributed by atoms with Gasteiger partial charge in [-0.25, -0.2) is 18.2 Å². The molecule has 0 saturated carbocycles. The molecule has 43 heavy (non-hydrogen) atoms. The molecule has 0 bridgehead atoms. The minimum Gasteiger partial charge on any atom is -0.508 e. The first kappa shape index (κ1) is 27.5. The molecule has 2 aromatic carbocycles. The summed E-state index contributed by atoms with van der Waals surface area (Å²) in [5.41, 5.74) is -1.02. The fourth-order valence-electron chi connectivity index (χ4n) is 6.75. The first-order valence-corrected chi connectivity index (χ1v) is 14.0. The van der Waals surface area contributed by atoms with Gasteiger partial charge in [0, 0.05) is 37.0 Å². The van der Waals surface area contributed by atoms with Crippen molar-refractivity contribution < 1.29 is 32.9 Å². The van der Waals surface area contributed by atoms with Crippen molar-refractivity contribution in [3.05, 3.63) is 41.5 Å². The number of β-amino-alcohol motifs (C(OH)–C–C–N with tert-alkyl or cyclic N) is 1. The molecular weight excluding hydrogens is 563 g/mol. The number of aromatic nitrogens is 3.